The highest BCUT2D eigenvalue weighted by molar-refractivity contribution is 6.30. The number of nitrogens with zero attached hydrogens (tertiary/aromatic N) is 1. The largest absolute Gasteiger partial charge is 0.444 e. The van der Waals surface area contributed by atoms with Crippen LogP contribution in [0.15, 0.2) is 30.3 Å². The van der Waals surface area contributed by atoms with E-state index in [0.29, 0.717) is 5.02 Å². The third-order valence-electron chi connectivity index (χ3n) is 3.29. The van der Waals surface area contributed by atoms with Crippen LogP contribution >= 0.6 is 11.6 Å². The molecule has 1 fully saturated rings. The lowest BCUT2D eigenvalue weighted by Gasteiger charge is -2.27. The Morgan fingerprint density at radius 1 is 1.43 bits per heavy atom. The van der Waals surface area contributed by atoms with Gasteiger partial charge < -0.3 is 9.64 Å². The minimum absolute atomic E-state index is 0.0961. The number of likely N-dealkylation sites (tertiary alicyclic amines) is 1. The summed E-state index contributed by atoms with van der Waals surface area (Å²) in [5.41, 5.74) is 0.583. The van der Waals surface area contributed by atoms with Gasteiger partial charge in [-0.2, -0.15) is 0 Å². The molecule has 0 aliphatic carbocycles. The first-order valence-electron chi connectivity index (χ1n) is 7.28. The van der Waals surface area contributed by atoms with E-state index in [1.165, 1.54) is 0 Å². The molecule has 0 spiro atoms. The maximum absolute atomic E-state index is 12.2. The second kappa shape index (κ2) is 6.52. The van der Waals surface area contributed by atoms with Crippen molar-refractivity contribution in [1.29, 1.82) is 0 Å². The van der Waals surface area contributed by atoms with Gasteiger partial charge in [-0.3, -0.25) is 0 Å². The van der Waals surface area contributed by atoms with Crippen LogP contribution in [0, 0.1) is 0 Å². The summed E-state index contributed by atoms with van der Waals surface area (Å²) < 4.78 is 5.46. The lowest BCUT2D eigenvalue weighted by atomic mass is 10.1. The highest BCUT2D eigenvalue weighted by atomic mass is 35.5. The fourth-order valence-electron chi connectivity index (χ4n) is 2.37. The molecule has 21 heavy (non-hydrogen) atoms. The Morgan fingerprint density at radius 3 is 2.86 bits per heavy atom. The van der Waals surface area contributed by atoms with Crippen molar-refractivity contribution >= 4 is 23.8 Å². The molecule has 0 saturated carbocycles. The highest BCUT2D eigenvalue weighted by Gasteiger charge is 2.30. The minimum Gasteiger partial charge on any atom is -0.444 e. The number of ether oxygens (including phenoxy) is 1. The molecule has 1 heterocycles. The Labute approximate surface area is 131 Å². The Hall–Kier alpha value is -1.48. The van der Waals surface area contributed by atoms with Crippen molar-refractivity contribution in [3.63, 3.8) is 0 Å². The standard InChI is InChI=1S/C17H22ClNO2/c1-17(2,3)21-16(20)19-11-5-8-15(19)10-9-13-6-4-7-14(18)12-13/h4,6-7,9-10,12,15H,5,8,11H2,1-3H3/t15-/m1/s1. The Morgan fingerprint density at radius 2 is 2.19 bits per heavy atom. The lowest BCUT2D eigenvalue weighted by molar-refractivity contribution is 0.0256. The fraction of sp³-hybridized carbons (Fsp3) is 0.471. The fourth-order valence-corrected chi connectivity index (χ4v) is 2.57. The highest BCUT2D eigenvalue weighted by Crippen LogP contribution is 2.22. The van der Waals surface area contributed by atoms with Gasteiger partial charge in [0.25, 0.3) is 0 Å². The SMILES string of the molecule is CC(C)(C)OC(=O)N1CCC[C@@H]1C=Cc1cccc(Cl)c1. The zero-order valence-corrected chi connectivity index (χ0v) is 13.6. The zero-order chi connectivity index (χ0) is 15.5. The van der Waals surface area contributed by atoms with Crippen molar-refractivity contribution in [2.75, 3.05) is 6.54 Å². The van der Waals surface area contributed by atoms with Gasteiger partial charge in [0.1, 0.15) is 5.60 Å². The molecule has 114 valence electrons. The first-order valence-corrected chi connectivity index (χ1v) is 7.66. The van der Waals surface area contributed by atoms with E-state index in [4.69, 9.17) is 16.3 Å². The number of carbonyl (C=O) groups is 1. The third-order valence-corrected chi connectivity index (χ3v) is 3.52. The van der Waals surface area contributed by atoms with Crippen molar-refractivity contribution in [3.05, 3.63) is 40.9 Å². The Bertz CT molecular complexity index is 534. The Balaban J connectivity index is 2.03. The first-order chi connectivity index (χ1) is 9.85. The third kappa shape index (κ3) is 4.78. The number of carbonyl (C=O) groups excluding carboxylic acids is 1. The van der Waals surface area contributed by atoms with Gasteiger partial charge in [-0.15, -0.1) is 0 Å². The van der Waals surface area contributed by atoms with Gasteiger partial charge in [-0.25, -0.2) is 4.79 Å². The van der Waals surface area contributed by atoms with Crippen molar-refractivity contribution in [2.45, 2.75) is 45.3 Å². The molecule has 0 bridgehead atoms. The van der Waals surface area contributed by atoms with Crippen molar-refractivity contribution in [2.24, 2.45) is 0 Å². The molecule has 1 aliphatic heterocycles. The van der Waals surface area contributed by atoms with Crippen LogP contribution in [0.2, 0.25) is 5.02 Å². The maximum atomic E-state index is 12.2. The molecule has 1 saturated heterocycles. The smallest absolute Gasteiger partial charge is 0.410 e. The lowest BCUT2D eigenvalue weighted by Crippen LogP contribution is -2.39. The number of hydrogen-bond acceptors (Lipinski definition) is 2. The predicted molar refractivity (Wildman–Crippen MR) is 86.4 cm³/mol. The summed E-state index contributed by atoms with van der Waals surface area (Å²) in [5, 5.41) is 0.715. The van der Waals surface area contributed by atoms with Crippen molar-refractivity contribution < 1.29 is 9.53 Å². The predicted octanol–water partition coefficient (Wildman–Crippen LogP) is 4.75. The van der Waals surface area contributed by atoms with Crippen LogP contribution in [0.5, 0.6) is 0 Å². The number of halogens is 1. The summed E-state index contributed by atoms with van der Waals surface area (Å²) in [4.78, 5) is 14.0. The molecule has 0 unspecified atom stereocenters. The van der Waals surface area contributed by atoms with Gasteiger partial charge in [0.15, 0.2) is 0 Å². The second-order valence-electron chi connectivity index (χ2n) is 6.30. The van der Waals surface area contributed by atoms with E-state index in [0.717, 1.165) is 24.9 Å². The van der Waals surface area contributed by atoms with Gasteiger partial charge in [-0.1, -0.05) is 35.9 Å². The number of rotatable bonds is 2. The van der Waals surface area contributed by atoms with Crippen LogP contribution in [0.1, 0.15) is 39.2 Å². The average molecular weight is 308 g/mol. The summed E-state index contributed by atoms with van der Waals surface area (Å²) in [6.45, 7) is 6.41. The maximum Gasteiger partial charge on any atom is 0.410 e. The summed E-state index contributed by atoms with van der Waals surface area (Å²) in [5.74, 6) is 0. The van der Waals surface area contributed by atoms with Crippen LogP contribution < -0.4 is 0 Å². The molecule has 2 rings (SSSR count). The summed E-state index contributed by atoms with van der Waals surface area (Å²) in [6, 6.07) is 7.77. The van der Waals surface area contributed by atoms with Gasteiger partial charge >= 0.3 is 6.09 Å². The molecule has 1 aromatic rings. The molecular formula is C17H22ClNO2. The van der Waals surface area contributed by atoms with Crippen LogP contribution in [0.25, 0.3) is 6.08 Å². The molecule has 3 nitrogen and oxygen atoms in total. The van der Waals surface area contributed by atoms with Crippen LogP contribution in [0.4, 0.5) is 4.79 Å². The molecule has 1 aliphatic rings. The number of hydrogen-bond donors (Lipinski definition) is 0. The molecule has 1 aromatic carbocycles. The van der Waals surface area contributed by atoms with Gasteiger partial charge in [0, 0.05) is 11.6 Å². The van der Waals surface area contributed by atoms with Crippen molar-refractivity contribution in [3.8, 4) is 0 Å². The van der Waals surface area contributed by atoms with Crippen LogP contribution in [-0.4, -0.2) is 29.2 Å². The molecule has 1 amide bonds. The van der Waals surface area contributed by atoms with E-state index < -0.39 is 5.60 Å². The van der Waals surface area contributed by atoms with E-state index >= 15 is 0 Å². The molecule has 4 heteroatoms. The van der Waals surface area contributed by atoms with E-state index in [1.54, 1.807) is 4.90 Å². The number of amides is 1. The van der Waals surface area contributed by atoms with Gasteiger partial charge in [0.05, 0.1) is 6.04 Å². The summed E-state index contributed by atoms with van der Waals surface area (Å²) in [7, 11) is 0. The monoisotopic (exact) mass is 307 g/mol. The van der Waals surface area contributed by atoms with Crippen LogP contribution in [-0.2, 0) is 4.74 Å². The molecule has 0 aromatic heterocycles. The molecule has 0 N–H and O–H groups in total. The summed E-state index contributed by atoms with van der Waals surface area (Å²) in [6.07, 6.45) is 5.81. The molecular weight excluding hydrogens is 286 g/mol. The van der Waals surface area contributed by atoms with Crippen molar-refractivity contribution in [1.82, 2.24) is 4.90 Å². The average Bonchev–Trinajstić information content (AvgIpc) is 2.83. The van der Waals surface area contributed by atoms with E-state index in [2.05, 4.69) is 6.08 Å². The first kappa shape index (κ1) is 15.9. The van der Waals surface area contributed by atoms with Gasteiger partial charge in [-0.05, 0) is 51.3 Å². The molecule has 1 atom stereocenters. The van der Waals surface area contributed by atoms with E-state index in [1.807, 2.05) is 51.1 Å². The summed E-state index contributed by atoms with van der Waals surface area (Å²) >= 11 is 5.97. The van der Waals surface area contributed by atoms with Crippen LogP contribution in [0.3, 0.4) is 0 Å². The Kier molecular flexibility index (Phi) is 4.94. The second-order valence-corrected chi connectivity index (χ2v) is 6.73. The number of benzene rings is 1. The zero-order valence-electron chi connectivity index (χ0n) is 12.8. The van der Waals surface area contributed by atoms with E-state index in [-0.39, 0.29) is 12.1 Å². The van der Waals surface area contributed by atoms with E-state index in [9.17, 15) is 4.79 Å². The van der Waals surface area contributed by atoms with Gasteiger partial charge in [0.2, 0.25) is 0 Å². The quantitative estimate of drug-likeness (QED) is 0.789. The topological polar surface area (TPSA) is 29.5 Å². The minimum atomic E-state index is -0.457. The molecule has 0 radical (unpaired) electrons. The normalized spacial score (nSPS) is 19.2.